The molecule has 3 heterocycles. The summed E-state index contributed by atoms with van der Waals surface area (Å²) >= 11 is 0. The Morgan fingerprint density at radius 3 is 2.33 bits per heavy atom. The lowest BCUT2D eigenvalue weighted by Crippen LogP contribution is -2.62. The van der Waals surface area contributed by atoms with E-state index in [1.807, 2.05) is 4.90 Å². The number of piperazine rings is 1. The van der Waals surface area contributed by atoms with Crippen LogP contribution in [0.1, 0.15) is 53.7 Å². The van der Waals surface area contributed by atoms with Crippen LogP contribution in [-0.2, 0) is 0 Å². The van der Waals surface area contributed by atoms with Gasteiger partial charge in [-0.2, -0.15) is 4.98 Å². The maximum Gasteiger partial charge on any atom is 0.289 e. The van der Waals surface area contributed by atoms with Crippen LogP contribution in [0.3, 0.4) is 0 Å². The van der Waals surface area contributed by atoms with Gasteiger partial charge in [0, 0.05) is 31.5 Å². The molecule has 5 rings (SSSR count). The Bertz CT molecular complexity index is 1300. The molecule has 1 saturated heterocycles. The largest absolute Gasteiger partial charge is 0.493 e. The Hall–Kier alpha value is -3.53. The van der Waals surface area contributed by atoms with E-state index in [0.717, 1.165) is 25.7 Å². The average molecular weight is 516 g/mol. The number of fused-ring (bicyclic) bond motifs is 2. The number of Topliss-reactive ketones (excluding diaryl/α,β-unsaturated/α-hetero) is 1. The highest BCUT2D eigenvalue weighted by atomic mass is 35.5. The second kappa shape index (κ2) is 10.2. The van der Waals surface area contributed by atoms with Crippen molar-refractivity contribution in [3.8, 4) is 11.5 Å². The van der Waals surface area contributed by atoms with E-state index in [-0.39, 0.29) is 47.7 Å². The summed E-state index contributed by atoms with van der Waals surface area (Å²) in [5, 5.41) is 0.694. The van der Waals surface area contributed by atoms with Crippen molar-refractivity contribution in [2.45, 2.75) is 44.7 Å². The summed E-state index contributed by atoms with van der Waals surface area (Å²) < 4.78 is 16.4. The summed E-state index contributed by atoms with van der Waals surface area (Å²) in [6, 6.07) is 6.77. The van der Waals surface area contributed by atoms with Crippen molar-refractivity contribution in [2.75, 3.05) is 37.9 Å². The molecule has 11 heteroatoms. The SMILES string of the molecule is COc1cc2nc(N3CCN(C(=O)c4ccc(C(C)=O)o4)[C@H]4CCCC[C@@H]43)nc(N)c2cc1OC.Cl. The number of ketones is 1. The Labute approximate surface area is 215 Å². The van der Waals surface area contributed by atoms with Crippen molar-refractivity contribution in [3.05, 3.63) is 35.8 Å². The smallest absolute Gasteiger partial charge is 0.289 e. The number of nitrogen functional groups attached to an aromatic ring is 1. The minimum atomic E-state index is -0.204. The normalized spacial score (nSPS) is 19.4. The number of ether oxygens (including phenoxy) is 2. The van der Waals surface area contributed by atoms with Crippen LogP contribution in [0.4, 0.5) is 11.8 Å². The highest BCUT2D eigenvalue weighted by Crippen LogP contribution is 2.37. The molecule has 36 heavy (non-hydrogen) atoms. The third-order valence-electron chi connectivity index (χ3n) is 6.98. The first-order valence-electron chi connectivity index (χ1n) is 11.8. The fraction of sp³-hybridized carbons (Fsp3) is 0.440. The summed E-state index contributed by atoms with van der Waals surface area (Å²) in [6.07, 6.45) is 3.89. The number of nitrogens with two attached hydrogens (primary N) is 1. The third kappa shape index (κ3) is 4.41. The summed E-state index contributed by atoms with van der Waals surface area (Å²) in [5.41, 5.74) is 7.02. The highest BCUT2D eigenvalue weighted by molar-refractivity contribution is 5.96. The first kappa shape index (κ1) is 25.6. The van der Waals surface area contributed by atoms with Gasteiger partial charge in [-0.25, -0.2) is 4.98 Å². The van der Waals surface area contributed by atoms with E-state index >= 15 is 0 Å². The van der Waals surface area contributed by atoms with Gasteiger partial charge < -0.3 is 29.4 Å². The maximum absolute atomic E-state index is 13.3. The molecule has 3 aromatic rings. The molecule has 1 saturated carbocycles. The molecule has 0 bridgehead atoms. The van der Waals surface area contributed by atoms with Crippen molar-refractivity contribution < 1.29 is 23.5 Å². The molecule has 192 valence electrons. The zero-order valence-corrected chi connectivity index (χ0v) is 21.3. The van der Waals surface area contributed by atoms with E-state index in [0.29, 0.717) is 47.3 Å². The van der Waals surface area contributed by atoms with Crippen LogP contribution in [0.15, 0.2) is 28.7 Å². The van der Waals surface area contributed by atoms with Gasteiger partial charge in [-0.1, -0.05) is 12.8 Å². The van der Waals surface area contributed by atoms with E-state index in [2.05, 4.69) is 9.88 Å². The van der Waals surface area contributed by atoms with Gasteiger partial charge >= 0.3 is 0 Å². The van der Waals surface area contributed by atoms with Gasteiger partial charge in [0.25, 0.3) is 5.91 Å². The maximum atomic E-state index is 13.3. The van der Waals surface area contributed by atoms with Gasteiger partial charge in [-0.15, -0.1) is 12.4 Å². The minimum absolute atomic E-state index is 0. The molecule has 0 spiro atoms. The summed E-state index contributed by atoms with van der Waals surface area (Å²) in [4.78, 5) is 38.4. The van der Waals surface area contributed by atoms with E-state index < -0.39 is 0 Å². The number of carbonyl (C=O) groups excluding carboxylic acids is 2. The highest BCUT2D eigenvalue weighted by Gasteiger charge is 2.42. The number of methoxy groups -OCH3 is 2. The fourth-order valence-electron chi connectivity index (χ4n) is 5.25. The monoisotopic (exact) mass is 515 g/mol. The van der Waals surface area contributed by atoms with Crippen molar-refractivity contribution in [2.24, 2.45) is 0 Å². The topological polar surface area (TPSA) is 124 Å². The molecule has 1 aromatic carbocycles. The van der Waals surface area contributed by atoms with Gasteiger partial charge in [-0.3, -0.25) is 9.59 Å². The third-order valence-corrected chi connectivity index (χ3v) is 6.98. The molecule has 2 atom stereocenters. The van der Waals surface area contributed by atoms with Crippen LogP contribution in [-0.4, -0.2) is 66.0 Å². The molecular formula is C25H30ClN5O5. The Kier molecular flexibility index (Phi) is 7.26. The van der Waals surface area contributed by atoms with Crippen molar-refractivity contribution in [3.63, 3.8) is 0 Å². The summed E-state index contributed by atoms with van der Waals surface area (Å²) in [5.74, 6) is 2.04. The van der Waals surface area contributed by atoms with E-state index in [1.54, 1.807) is 38.5 Å². The van der Waals surface area contributed by atoms with Crippen LogP contribution in [0.5, 0.6) is 11.5 Å². The van der Waals surface area contributed by atoms with Crippen molar-refractivity contribution in [1.29, 1.82) is 0 Å². The summed E-state index contributed by atoms with van der Waals surface area (Å²) in [6.45, 7) is 2.47. The van der Waals surface area contributed by atoms with Crippen LogP contribution in [0.25, 0.3) is 10.9 Å². The number of hydrogen-bond donors (Lipinski definition) is 1. The lowest BCUT2D eigenvalue weighted by Gasteiger charge is -2.49. The van der Waals surface area contributed by atoms with E-state index in [1.165, 1.54) is 6.92 Å². The second-order valence-corrected chi connectivity index (χ2v) is 8.96. The molecule has 0 radical (unpaired) electrons. The fourth-order valence-corrected chi connectivity index (χ4v) is 5.25. The average Bonchev–Trinajstić information content (AvgIpc) is 3.37. The molecule has 2 N–H and O–H groups in total. The molecule has 2 aromatic heterocycles. The first-order chi connectivity index (χ1) is 16.9. The van der Waals surface area contributed by atoms with Crippen molar-refractivity contribution >= 4 is 46.8 Å². The number of rotatable bonds is 5. The Morgan fingerprint density at radius 1 is 1.00 bits per heavy atom. The molecule has 2 aliphatic rings. The Morgan fingerprint density at radius 2 is 1.67 bits per heavy atom. The molecule has 10 nitrogen and oxygen atoms in total. The first-order valence-corrected chi connectivity index (χ1v) is 11.8. The number of benzene rings is 1. The number of amides is 1. The number of hydrogen-bond acceptors (Lipinski definition) is 9. The molecule has 1 aliphatic carbocycles. The van der Waals surface area contributed by atoms with Crippen molar-refractivity contribution in [1.82, 2.24) is 14.9 Å². The van der Waals surface area contributed by atoms with E-state index in [4.69, 9.17) is 24.6 Å². The van der Waals surface area contributed by atoms with Gasteiger partial charge in [-0.05, 0) is 31.0 Å². The predicted octanol–water partition coefficient (Wildman–Crippen LogP) is 3.72. The summed E-state index contributed by atoms with van der Waals surface area (Å²) in [7, 11) is 3.15. The number of anilines is 2. The molecule has 0 unspecified atom stereocenters. The lowest BCUT2D eigenvalue weighted by molar-refractivity contribution is 0.0507. The lowest BCUT2D eigenvalue weighted by atomic mass is 9.86. The van der Waals surface area contributed by atoms with Crippen LogP contribution < -0.4 is 20.1 Å². The Balaban J connectivity index is 0.00000304. The number of halogens is 1. The molecule has 1 aliphatic heterocycles. The number of furan rings is 1. The standard InChI is InChI=1S/C25H29N5O5.ClH/c1-14(31)19-8-9-20(35-19)24(32)29-10-11-30(18-7-5-4-6-17(18)29)25-27-16-13-22(34-3)21(33-2)12-15(16)23(26)28-25;/h8-9,12-13,17-18H,4-7,10-11H2,1-3H3,(H2,26,27,28);1H/t17-,18-;/m0./s1. The molecule has 1 amide bonds. The van der Waals surface area contributed by atoms with Crippen LogP contribution >= 0.6 is 12.4 Å². The van der Waals surface area contributed by atoms with Gasteiger partial charge in [0.05, 0.1) is 31.8 Å². The van der Waals surface area contributed by atoms with E-state index in [9.17, 15) is 9.59 Å². The number of carbonyl (C=O) groups is 2. The number of aromatic nitrogens is 2. The van der Waals surface area contributed by atoms with Gasteiger partial charge in [0.2, 0.25) is 5.95 Å². The minimum Gasteiger partial charge on any atom is -0.493 e. The quantitative estimate of drug-likeness (QED) is 0.506. The van der Waals surface area contributed by atoms with Crippen LogP contribution in [0.2, 0.25) is 0 Å². The predicted molar refractivity (Wildman–Crippen MR) is 137 cm³/mol. The second-order valence-electron chi connectivity index (χ2n) is 8.96. The molecular weight excluding hydrogens is 486 g/mol. The van der Waals surface area contributed by atoms with Gasteiger partial charge in [0.1, 0.15) is 5.82 Å². The number of nitrogens with zero attached hydrogens (tertiary/aromatic N) is 4. The zero-order valence-electron chi connectivity index (χ0n) is 20.5. The van der Waals surface area contributed by atoms with Crippen LogP contribution in [0, 0.1) is 0 Å². The zero-order chi connectivity index (χ0) is 24.7. The molecule has 2 fully saturated rings. The van der Waals surface area contributed by atoms with Gasteiger partial charge in [0.15, 0.2) is 28.8 Å².